The Balaban J connectivity index is 2.21. The molecular formula is C24H30BrFN2O3. The molecule has 7 heteroatoms. The molecule has 0 unspecified atom stereocenters. The van der Waals surface area contributed by atoms with Gasteiger partial charge in [0.25, 0.3) is 5.91 Å². The molecule has 0 saturated carbocycles. The van der Waals surface area contributed by atoms with Gasteiger partial charge in [-0.3, -0.25) is 9.59 Å². The highest BCUT2D eigenvalue weighted by Gasteiger charge is 2.28. The smallest absolute Gasteiger partial charge is 0.261 e. The number of aryl methyl sites for hydroxylation is 2. The molecular weight excluding hydrogens is 463 g/mol. The van der Waals surface area contributed by atoms with Crippen LogP contribution in [-0.4, -0.2) is 35.9 Å². The number of carbonyl (C=O) groups is 2. The van der Waals surface area contributed by atoms with Crippen molar-refractivity contribution < 1.29 is 18.7 Å². The molecule has 2 amide bonds. The molecule has 0 aliphatic heterocycles. The number of benzene rings is 2. The Morgan fingerprint density at radius 3 is 2.29 bits per heavy atom. The highest BCUT2D eigenvalue weighted by atomic mass is 79.9. The van der Waals surface area contributed by atoms with Crippen LogP contribution in [0.15, 0.2) is 40.9 Å². The van der Waals surface area contributed by atoms with Gasteiger partial charge in [-0.05, 0) is 67.6 Å². The third-order valence-corrected chi connectivity index (χ3v) is 6.22. The molecule has 0 heterocycles. The van der Waals surface area contributed by atoms with Crippen molar-refractivity contribution >= 4 is 27.7 Å². The van der Waals surface area contributed by atoms with E-state index in [9.17, 15) is 14.0 Å². The third-order valence-electron chi connectivity index (χ3n) is 4.97. The summed E-state index contributed by atoms with van der Waals surface area (Å²) in [5.74, 6) is -0.258. The number of nitrogens with one attached hydrogen (secondary N) is 1. The number of rotatable bonds is 10. The zero-order chi connectivity index (χ0) is 23.0. The van der Waals surface area contributed by atoms with Crippen LogP contribution in [0.1, 0.15) is 43.4 Å². The van der Waals surface area contributed by atoms with E-state index in [4.69, 9.17) is 4.74 Å². The summed E-state index contributed by atoms with van der Waals surface area (Å²) in [6.45, 7) is 8.29. The van der Waals surface area contributed by atoms with Crippen molar-refractivity contribution in [3.8, 4) is 5.75 Å². The maximum absolute atomic E-state index is 13.3. The predicted octanol–water partition coefficient (Wildman–Crippen LogP) is 4.92. The number of carbonyl (C=O) groups excluding carboxylic acids is 2. The van der Waals surface area contributed by atoms with Gasteiger partial charge in [0, 0.05) is 17.6 Å². The van der Waals surface area contributed by atoms with Crippen LogP contribution in [0.2, 0.25) is 0 Å². The summed E-state index contributed by atoms with van der Waals surface area (Å²) in [7, 11) is 0. The van der Waals surface area contributed by atoms with E-state index in [0.717, 1.165) is 27.6 Å². The minimum atomic E-state index is -0.638. The SMILES string of the molecule is CCCNC(=O)[C@H](CC)N(Cc1ccc(F)cc1)C(=O)COc1cc(C)c(Br)c(C)c1. The van der Waals surface area contributed by atoms with Crippen LogP contribution in [0.25, 0.3) is 0 Å². The van der Waals surface area contributed by atoms with Gasteiger partial charge in [-0.25, -0.2) is 4.39 Å². The lowest BCUT2D eigenvalue weighted by Gasteiger charge is -2.30. The van der Waals surface area contributed by atoms with Crippen LogP contribution < -0.4 is 10.1 Å². The second-order valence-electron chi connectivity index (χ2n) is 7.52. The molecule has 1 N–H and O–H groups in total. The zero-order valence-corrected chi connectivity index (χ0v) is 20.1. The second-order valence-corrected chi connectivity index (χ2v) is 8.32. The first-order valence-electron chi connectivity index (χ1n) is 10.5. The first kappa shape index (κ1) is 24.9. The first-order chi connectivity index (χ1) is 14.8. The maximum Gasteiger partial charge on any atom is 0.261 e. The molecule has 0 bridgehead atoms. The molecule has 2 aromatic rings. The molecule has 31 heavy (non-hydrogen) atoms. The molecule has 0 radical (unpaired) electrons. The molecule has 0 aliphatic rings. The fourth-order valence-corrected chi connectivity index (χ4v) is 3.52. The average molecular weight is 493 g/mol. The monoisotopic (exact) mass is 492 g/mol. The lowest BCUT2D eigenvalue weighted by molar-refractivity contribution is -0.143. The van der Waals surface area contributed by atoms with Crippen LogP contribution >= 0.6 is 15.9 Å². The van der Waals surface area contributed by atoms with Gasteiger partial charge in [-0.15, -0.1) is 0 Å². The molecule has 0 aromatic heterocycles. The highest BCUT2D eigenvalue weighted by Crippen LogP contribution is 2.26. The zero-order valence-electron chi connectivity index (χ0n) is 18.5. The van der Waals surface area contributed by atoms with Crippen LogP contribution in [-0.2, 0) is 16.1 Å². The Hall–Kier alpha value is -2.41. The Morgan fingerprint density at radius 1 is 1.13 bits per heavy atom. The Labute approximate surface area is 192 Å². The summed E-state index contributed by atoms with van der Waals surface area (Å²) in [5, 5.41) is 2.87. The summed E-state index contributed by atoms with van der Waals surface area (Å²) in [6.07, 6.45) is 1.26. The van der Waals surface area contributed by atoms with E-state index < -0.39 is 6.04 Å². The van der Waals surface area contributed by atoms with Crippen LogP contribution in [0.4, 0.5) is 4.39 Å². The van der Waals surface area contributed by atoms with Gasteiger partial charge in [-0.1, -0.05) is 41.9 Å². The summed E-state index contributed by atoms with van der Waals surface area (Å²) in [6, 6.07) is 9.02. The van der Waals surface area contributed by atoms with E-state index in [1.807, 2.05) is 39.8 Å². The van der Waals surface area contributed by atoms with Gasteiger partial charge in [0.15, 0.2) is 6.61 Å². The van der Waals surface area contributed by atoms with Gasteiger partial charge >= 0.3 is 0 Å². The minimum Gasteiger partial charge on any atom is -0.484 e. The summed E-state index contributed by atoms with van der Waals surface area (Å²) < 4.78 is 20.1. The normalized spacial score (nSPS) is 11.7. The van der Waals surface area contributed by atoms with E-state index in [2.05, 4.69) is 21.2 Å². The highest BCUT2D eigenvalue weighted by molar-refractivity contribution is 9.10. The van der Waals surface area contributed by atoms with Crippen molar-refractivity contribution in [2.45, 2.75) is 53.1 Å². The van der Waals surface area contributed by atoms with Crippen molar-refractivity contribution in [1.82, 2.24) is 10.2 Å². The topological polar surface area (TPSA) is 58.6 Å². The first-order valence-corrected chi connectivity index (χ1v) is 11.3. The van der Waals surface area contributed by atoms with E-state index in [0.29, 0.717) is 18.7 Å². The molecule has 2 rings (SSSR count). The van der Waals surface area contributed by atoms with E-state index in [1.165, 1.54) is 17.0 Å². The fourth-order valence-electron chi connectivity index (χ4n) is 3.29. The predicted molar refractivity (Wildman–Crippen MR) is 123 cm³/mol. The number of amides is 2. The van der Waals surface area contributed by atoms with Crippen LogP contribution in [0.5, 0.6) is 5.75 Å². The lowest BCUT2D eigenvalue weighted by atomic mass is 10.1. The van der Waals surface area contributed by atoms with Crippen molar-refractivity contribution in [2.24, 2.45) is 0 Å². The summed E-state index contributed by atoms with van der Waals surface area (Å²) >= 11 is 3.52. The number of hydrogen-bond donors (Lipinski definition) is 1. The van der Waals surface area contributed by atoms with E-state index >= 15 is 0 Å². The Morgan fingerprint density at radius 2 is 1.74 bits per heavy atom. The number of ether oxygens (including phenoxy) is 1. The van der Waals surface area contributed by atoms with Crippen molar-refractivity contribution in [3.05, 3.63) is 63.4 Å². The molecule has 0 fully saturated rings. The molecule has 1 atom stereocenters. The van der Waals surface area contributed by atoms with Crippen molar-refractivity contribution in [3.63, 3.8) is 0 Å². The van der Waals surface area contributed by atoms with Crippen molar-refractivity contribution in [2.75, 3.05) is 13.2 Å². The molecule has 168 valence electrons. The second kappa shape index (κ2) is 11.8. The Kier molecular flexibility index (Phi) is 9.49. The van der Waals surface area contributed by atoms with Crippen LogP contribution in [0.3, 0.4) is 0 Å². The van der Waals surface area contributed by atoms with Gasteiger partial charge < -0.3 is 15.0 Å². The molecule has 5 nitrogen and oxygen atoms in total. The quantitative estimate of drug-likeness (QED) is 0.512. The maximum atomic E-state index is 13.3. The summed E-state index contributed by atoms with van der Waals surface area (Å²) in [4.78, 5) is 27.4. The average Bonchev–Trinajstić information content (AvgIpc) is 2.75. The molecule has 0 spiro atoms. The molecule has 0 saturated heterocycles. The number of nitrogens with zero attached hydrogens (tertiary/aromatic N) is 1. The number of hydrogen-bond acceptors (Lipinski definition) is 3. The minimum absolute atomic E-state index is 0.193. The van der Waals surface area contributed by atoms with Gasteiger partial charge in [0.05, 0.1) is 0 Å². The van der Waals surface area contributed by atoms with Gasteiger partial charge in [-0.2, -0.15) is 0 Å². The van der Waals surface area contributed by atoms with E-state index in [1.54, 1.807) is 12.1 Å². The standard InChI is InChI=1S/C24H30BrFN2O3/c1-5-11-27-24(30)21(6-2)28(14-18-7-9-19(26)10-8-18)22(29)15-31-20-12-16(3)23(25)17(4)13-20/h7-10,12-13,21H,5-6,11,14-15H2,1-4H3,(H,27,30)/t21-/m0/s1. The lowest BCUT2D eigenvalue weighted by Crippen LogP contribution is -2.50. The number of halogens is 2. The Bertz CT molecular complexity index is 879. The van der Waals surface area contributed by atoms with Gasteiger partial charge in [0.2, 0.25) is 5.91 Å². The largest absolute Gasteiger partial charge is 0.484 e. The van der Waals surface area contributed by atoms with Crippen LogP contribution in [0, 0.1) is 19.7 Å². The molecule has 2 aromatic carbocycles. The van der Waals surface area contributed by atoms with Gasteiger partial charge in [0.1, 0.15) is 17.6 Å². The fraction of sp³-hybridized carbons (Fsp3) is 0.417. The molecule has 0 aliphatic carbocycles. The summed E-state index contributed by atoms with van der Waals surface area (Å²) in [5.41, 5.74) is 2.76. The van der Waals surface area contributed by atoms with E-state index in [-0.39, 0.29) is 30.8 Å². The third kappa shape index (κ3) is 7.06. The van der Waals surface area contributed by atoms with Crippen molar-refractivity contribution in [1.29, 1.82) is 0 Å².